The van der Waals surface area contributed by atoms with Crippen LogP contribution in [-0.2, 0) is 14.4 Å². The normalized spacial score (nSPS) is 10.1. The SMILES string of the molecule is CCCC(=O)CCC(=O)CCC(=O)CCC. The van der Waals surface area contributed by atoms with Gasteiger partial charge in [0, 0.05) is 38.5 Å². The molecule has 0 aliphatic carbocycles. The monoisotopic (exact) mass is 226 g/mol. The third-order valence-corrected chi connectivity index (χ3v) is 2.42. The molecule has 0 aliphatic heterocycles. The van der Waals surface area contributed by atoms with Gasteiger partial charge in [-0.05, 0) is 12.8 Å². The van der Waals surface area contributed by atoms with Crippen LogP contribution in [0.2, 0.25) is 0 Å². The fourth-order valence-electron chi connectivity index (χ4n) is 1.49. The van der Waals surface area contributed by atoms with Crippen molar-refractivity contribution in [2.75, 3.05) is 0 Å². The first-order valence-corrected chi connectivity index (χ1v) is 6.15. The van der Waals surface area contributed by atoms with E-state index in [4.69, 9.17) is 0 Å². The predicted molar refractivity (Wildman–Crippen MR) is 63.3 cm³/mol. The summed E-state index contributed by atoms with van der Waals surface area (Å²) in [5.41, 5.74) is 0. The summed E-state index contributed by atoms with van der Waals surface area (Å²) < 4.78 is 0. The van der Waals surface area contributed by atoms with E-state index in [0.29, 0.717) is 38.5 Å². The Labute approximate surface area is 97.6 Å². The van der Waals surface area contributed by atoms with E-state index in [2.05, 4.69) is 0 Å². The fraction of sp³-hybridized carbons (Fsp3) is 0.769. The molecule has 0 aromatic carbocycles. The van der Waals surface area contributed by atoms with Crippen molar-refractivity contribution >= 4 is 17.3 Å². The molecule has 0 bridgehead atoms. The molecular formula is C13H22O3. The van der Waals surface area contributed by atoms with Crippen molar-refractivity contribution < 1.29 is 14.4 Å². The van der Waals surface area contributed by atoms with Gasteiger partial charge in [-0.3, -0.25) is 14.4 Å². The molecule has 0 radical (unpaired) electrons. The molecule has 3 nitrogen and oxygen atoms in total. The molecular weight excluding hydrogens is 204 g/mol. The molecule has 92 valence electrons. The van der Waals surface area contributed by atoms with E-state index < -0.39 is 0 Å². The Bertz CT molecular complexity index is 220. The second-order valence-electron chi connectivity index (χ2n) is 4.12. The first kappa shape index (κ1) is 15.0. The second-order valence-corrected chi connectivity index (χ2v) is 4.12. The quantitative estimate of drug-likeness (QED) is 0.575. The number of ketones is 3. The van der Waals surface area contributed by atoms with Crippen molar-refractivity contribution in [1.29, 1.82) is 0 Å². The molecule has 3 heteroatoms. The minimum atomic E-state index is 0.0360. The third kappa shape index (κ3) is 8.33. The second kappa shape index (κ2) is 9.25. The van der Waals surface area contributed by atoms with E-state index in [-0.39, 0.29) is 17.3 Å². The molecule has 0 saturated heterocycles. The van der Waals surface area contributed by atoms with Crippen molar-refractivity contribution in [1.82, 2.24) is 0 Å². The Morgan fingerprint density at radius 1 is 0.562 bits per heavy atom. The molecule has 0 rings (SSSR count). The molecule has 0 unspecified atom stereocenters. The Morgan fingerprint density at radius 3 is 1.06 bits per heavy atom. The summed E-state index contributed by atoms with van der Waals surface area (Å²) in [4.78, 5) is 33.7. The van der Waals surface area contributed by atoms with Gasteiger partial charge in [-0.2, -0.15) is 0 Å². The summed E-state index contributed by atoms with van der Waals surface area (Å²) in [7, 11) is 0. The minimum Gasteiger partial charge on any atom is -0.300 e. The van der Waals surface area contributed by atoms with Gasteiger partial charge in [0.2, 0.25) is 0 Å². The molecule has 0 atom stereocenters. The summed E-state index contributed by atoms with van der Waals surface area (Å²) >= 11 is 0. The minimum absolute atomic E-state index is 0.0360. The molecule has 16 heavy (non-hydrogen) atoms. The predicted octanol–water partition coefficient (Wildman–Crippen LogP) is 2.85. The Hall–Kier alpha value is -0.990. The standard InChI is InChI=1S/C13H22O3/c1-3-5-11(14)7-9-13(16)10-8-12(15)6-4-2/h3-10H2,1-2H3. The smallest absolute Gasteiger partial charge is 0.133 e. The van der Waals surface area contributed by atoms with Gasteiger partial charge in [-0.15, -0.1) is 0 Å². The van der Waals surface area contributed by atoms with E-state index in [1.807, 2.05) is 13.8 Å². The number of hydrogen-bond acceptors (Lipinski definition) is 3. The van der Waals surface area contributed by atoms with Gasteiger partial charge < -0.3 is 0 Å². The van der Waals surface area contributed by atoms with Crippen molar-refractivity contribution in [2.45, 2.75) is 65.2 Å². The lowest BCUT2D eigenvalue weighted by Crippen LogP contribution is -2.06. The molecule has 0 amide bonds. The van der Waals surface area contributed by atoms with E-state index in [0.717, 1.165) is 12.8 Å². The first-order chi connectivity index (χ1) is 7.60. The zero-order valence-corrected chi connectivity index (χ0v) is 10.4. The molecule has 0 saturated carbocycles. The van der Waals surface area contributed by atoms with Crippen molar-refractivity contribution in [3.63, 3.8) is 0 Å². The summed E-state index contributed by atoms with van der Waals surface area (Å²) in [5, 5.41) is 0. The zero-order chi connectivity index (χ0) is 12.4. The highest BCUT2D eigenvalue weighted by Gasteiger charge is 2.08. The average Bonchev–Trinajstić information content (AvgIpc) is 2.24. The van der Waals surface area contributed by atoms with Gasteiger partial charge in [0.25, 0.3) is 0 Å². The number of carbonyl (C=O) groups excluding carboxylic acids is 3. The number of carbonyl (C=O) groups is 3. The van der Waals surface area contributed by atoms with Crippen LogP contribution in [0, 0.1) is 0 Å². The number of Topliss-reactive ketones (excluding diaryl/α,β-unsaturated/α-hetero) is 3. The van der Waals surface area contributed by atoms with Crippen molar-refractivity contribution in [2.24, 2.45) is 0 Å². The highest BCUT2D eigenvalue weighted by atomic mass is 16.1. The van der Waals surface area contributed by atoms with Crippen LogP contribution in [0.4, 0.5) is 0 Å². The van der Waals surface area contributed by atoms with Gasteiger partial charge >= 0.3 is 0 Å². The lowest BCUT2D eigenvalue weighted by atomic mass is 10.0. The Balaban J connectivity index is 3.59. The van der Waals surface area contributed by atoms with Gasteiger partial charge in [-0.25, -0.2) is 0 Å². The van der Waals surface area contributed by atoms with Crippen LogP contribution in [0.25, 0.3) is 0 Å². The molecule has 0 aromatic rings. The molecule has 0 fully saturated rings. The maximum atomic E-state index is 11.4. The summed E-state index contributed by atoms with van der Waals surface area (Å²) in [6.07, 6.45) is 4.08. The Morgan fingerprint density at radius 2 is 0.812 bits per heavy atom. The average molecular weight is 226 g/mol. The van der Waals surface area contributed by atoms with Crippen LogP contribution in [0.1, 0.15) is 65.2 Å². The van der Waals surface area contributed by atoms with Gasteiger partial charge in [0.15, 0.2) is 0 Å². The van der Waals surface area contributed by atoms with Crippen LogP contribution >= 0.6 is 0 Å². The fourth-order valence-corrected chi connectivity index (χ4v) is 1.49. The van der Waals surface area contributed by atoms with Gasteiger partial charge in [-0.1, -0.05) is 13.8 Å². The highest BCUT2D eigenvalue weighted by molar-refractivity contribution is 5.89. The van der Waals surface area contributed by atoms with E-state index in [1.165, 1.54) is 0 Å². The first-order valence-electron chi connectivity index (χ1n) is 6.15. The van der Waals surface area contributed by atoms with Crippen molar-refractivity contribution in [3.05, 3.63) is 0 Å². The topological polar surface area (TPSA) is 51.2 Å². The molecule has 0 N–H and O–H groups in total. The van der Waals surface area contributed by atoms with E-state index in [9.17, 15) is 14.4 Å². The molecule has 0 spiro atoms. The van der Waals surface area contributed by atoms with E-state index in [1.54, 1.807) is 0 Å². The third-order valence-electron chi connectivity index (χ3n) is 2.42. The summed E-state index contributed by atoms with van der Waals surface area (Å²) in [6.45, 7) is 3.90. The summed E-state index contributed by atoms with van der Waals surface area (Å²) in [5.74, 6) is 0.334. The summed E-state index contributed by atoms with van der Waals surface area (Å²) in [6, 6.07) is 0. The van der Waals surface area contributed by atoms with Crippen LogP contribution in [0.3, 0.4) is 0 Å². The van der Waals surface area contributed by atoms with Gasteiger partial charge in [0.05, 0.1) is 0 Å². The Kier molecular flexibility index (Phi) is 8.68. The lowest BCUT2D eigenvalue weighted by molar-refractivity contribution is -0.126. The number of rotatable bonds is 10. The van der Waals surface area contributed by atoms with E-state index >= 15 is 0 Å². The van der Waals surface area contributed by atoms with Crippen LogP contribution in [-0.4, -0.2) is 17.3 Å². The molecule has 0 heterocycles. The van der Waals surface area contributed by atoms with Crippen LogP contribution < -0.4 is 0 Å². The number of hydrogen-bond donors (Lipinski definition) is 0. The van der Waals surface area contributed by atoms with Gasteiger partial charge in [0.1, 0.15) is 17.3 Å². The van der Waals surface area contributed by atoms with Crippen molar-refractivity contribution in [3.8, 4) is 0 Å². The largest absolute Gasteiger partial charge is 0.300 e. The zero-order valence-electron chi connectivity index (χ0n) is 10.4. The van der Waals surface area contributed by atoms with Crippen LogP contribution in [0.5, 0.6) is 0 Å². The lowest BCUT2D eigenvalue weighted by Gasteiger charge is -2.00. The highest BCUT2D eigenvalue weighted by Crippen LogP contribution is 2.05. The molecule has 0 aromatic heterocycles. The maximum Gasteiger partial charge on any atom is 0.133 e. The maximum absolute atomic E-state index is 11.4. The molecule has 0 aliphatic rings. The van der Waals surface area contributed by atoms with Crippen LogP contribution in [0.15, 0.2) is 0 Å².